The van der Waals surface area contributed by atoms with E-state index >= 15 is 0 Å². The topological polar surface area (TPSA) is 50.9 Å². The van der Waals surface area contributed by atoms with Crippen LogP contribution in [0.3, 0.4) is 0 Å². The smallest absolute Gasteiger partial charge is 0.0950 e. The predicted molar refractivity (Wildman–Crippen MR) is 71.8 cm³/mol. The van der Waals surface area contributed by atoms with Crippen LogP contribution in [0.15, 0.2) is 30.3 Å². The molecule has 0 aliphatic heterocycles. The first kappa shape index (κ1) is 12.2. The van der Waals surface area contributed by atoms with Gasteiger partial charge in [-0.05, 0) is 19.4 Å². The molecule has 0 radical (unpaired) electrons. The summed E-state index contributed by atoms with van der Waals surface area (Å²) >= 11 is 1.75. The third kappa shape index (κ3) is 2.91. The van der Waals surface area contributed by atoms with E-state index in [1.165, 1.54) is 10.4 Å². The first-order chi connectivity index (χ1) is 8.20. The van der Waals surface area contributed by atoms with Crippen molar-refractivity contribution in [2.75, 3.05) is 0 Å². The molecule has 1 heterocycles. The molecule has 17 heavy (non-hydrogen) atoms. The number of hydrazine groups is 1. The molecule has 3 N–H and O–H groups in total. The minimum atomic E-state index is 0.126. The number of nitrogens with two attached hydrogens (primary N) is 1. The van der Waals surface area contributed by atoms with Crippen molar-refractivity contribution in [3.8, 4) is 0 Å². The van der Waals surface area contributed by atoms with Crippen LogP contribution in [0.25, 0.3) is 0 Å². The van der Waals surface area contributed by atoms with Crippen molar-refractivity contribution in [2.24, 2.45) is 5.84 Å². The van der Waals surface area contributed by atoms with Gasteiger partial charge in [0.1, 0.15) is 0 Å². The molecule has 0 aliphatic rings. The Balaban J connectivity index is 2.15. The fraction of sp³-hybridized carbons (Fsp3) is 0.308. The predicted octanol–water partition coefficient (Wildman–Crippen LogP) is 2.51. The third-order valence-electron chi connectivity index (χ3n) is 2.85. The molecule has 3 nitrogen and oxygen atoms in total. The molecule has 0 saturated heterocycles. The number of aryl methyl sites for hydroxylation is 2. The van der Waals surface area contributed by atoms with Crippen LogP contribution in [-0.2, 0) is 6.42 Å². The molecular weight excluding hydrogens is 230 g/mol. The maximum absolute atomic E-state index is 5.62. The van der Waals surface area contributed by atoms with Gasteiger partial charge in [-0.25, -0.2) is 4.98 Å². The summed E-state index contributed by atoms with van der Waals surface area (Å²) in [5.74, 6) is 5.62. The van der Waals surface area contributed by atoms with E-state index < -0.39 is 0 Å². The van der Waals surface area contributed by atoms with Gasteiger partial charge in [0.25, 0.3) is 0 Å². The summed E-state index contributed by atoms with van der Waals surface area (Å²) in [4.78, 5) is 5.83. The van der Waals surface area contributed by atoms with Gasteiger partial charge in [0.15, 0.2) is 0 Å². The second kappa shape index (κ2) is 5.40. The molecule has 1 unspecified atom stereocenters. The van der Waals surface area contributed by atoms with Crippen LogP contribution in [0.1, 0.15) is 27.2 Å². The van der Waals surface area contributed by atoms with E-state index in [1.807, 2.05) is 25.1 Å². The Hall–Kier alpha value is -1.23. The fourth-order valence-electron chi connectivity index (χ4n) is 1.76. The molecule has 0 bridgehead atoms. The van der Waals surface area contributed by atoms with Crippen LogP contribution >= 0.6 is 11.3 Å². The highest BCUT2D eigenvalue weighted by atomic mass is 32.1. The zero-order valence-electron chi connectivity index (χ0n) is 10.1. The summed E-state index contributed by atoms with van der Waals surface area (Å²) in [5.41, 5.74) is 5.18. The van der Waals surface area contributed by atoms with Crippen molar-refractivity contribution < 1.29 is 0 Å². The summed E-state index contributed by atoms with van der Waals surface area (Å²) in [5, 5.41) is 1.13. The Morgan fingerprint density at radius 2 is 2.00 bits per heavy atom. The molecular formula is C13H17N3S. The molecule has 0 spiro atoms. The van der Waals surface area contributed by atoms with Gasteiger partial charge in [0.2, 0.25) is 0 Å². The molecule has 0 amide bonds. The van der Waals surface area contributed by atoms with E-state index in [4.69, 9.17) is 5.84 Å². The van der Waals surface area contributed by atoms with Gasteiger partial charge in [0.05, 0.1) is 16.7 Å². The summed E-state index contributed by atoms with van der Waals surface area (Å²) in [6.45, 7) is 4.15. The Morgan fingerprint density at radius 3 is 2.53 bits per heavy atom. The number of hydrogen-bond acceptors (Lipinski definition) is 4. The van der Waals surface area contributed by atoms with Crippen LogP contribution in [0.2, 0.25) is 0 Å². The number of thiazole rings is 1. The van der Waals surface area contributed by atoms with Crippen molar-refractivity contribution in [3.05, 3.63) is 51.5 Å². The van der Waals surface area contributed by atoms with E-state index in [0.717, 1.165) is 17.1 Å². The van der Waals surface area contributed by atoms with E-state index in [0.29, 0.717) is 0 Å². The molecule has 90 valence electrons. The maximum Gasteiger partial charge on any atom is 0.0950 e. The largest absolute Gasteiger partial charge is 0.271 e. The molecule has 0 aliphatic carbocycles. The van der Waals surface area contributed by atoms with Crippen LogP contribution in [-0.4, -0.2) is 4.98 Å². The maximum atomic E-state index is 5.62. The van der Waals surface area contributed by atoms with Gasteiger partial charge < -0.3 is 0 Å². The Morgan fingerprint density at radius 1 is 1.29 bits per heavy atom. The van der Waals surface area contributed by atoms with E-state index in [1.54, 1.807) is 11.3 Å². The molecule has 2 aromatic rings. The number of rotatable bonds is 4. The normalized spacial score (nSPS) is 12.6. The lowest BCUT2D eigenvalue weighted by Gasteiger charge is -2.14. The van der Waals surface area contributed by atoms with Gasteiger partial charge in [0, 0.05) is 11.3 Å². The fourth-order valence-corrected chi connectivity index (χ4v) is 2.74. The van der Waals surface area contributed by atoms with Crippen LogP contribution in [0, 0.1) is 13.8 Å². The molecule has 4 heteroatoms. The first-order valence-corrected chi connectivity index (χ1v) is 6.46. The van der Waals surface area contributed by atoms with Crippen LogP contribution in [0.5, 0.6) is 0 Å². The van der Waals surface area contributed by atoms with Gasteiger partial charge >= 0.3 is 0 Å². The standard InChI is InChI=1S/C13H17N3S/c1-9-10(2)17-13(15-9)8-12(16-14)11-6-4-3-5-7-11/h3-7,12,16H,8,14H2,1-2H3. The van der Waals surface area contributed by atoms with Crippen molar-refractivity contribution in [1.82, 2.24) is 10.4 Å². The summed E-state index contributed by atoms with van der Waals surface area (Å²) < 4.78 is 0. The summed E-state index contributed by atoms with van der Waals surface area (Å²) in [6.07, 6.45) is 0.833. The lowest BCUT2D eigenvalue weighted by molar-refractivity contribution is 0.550. The Bertz CT molecular complexity index is 459. The van der Waals surface area contributed by atoms with Gasteiger partial charge in [-0.15, -0.1) is 11.3 Å². The summed E-state index contributed by atoms with van der Waals surface area (Å²) in [6, 6.07) is 10.3. The Kier molecular flexibility index (Phi) is 3.89. The van der Waals surface area contributed by atoms with Gasteiger partial charge in [-0.1, -0.05) is 30.3 Å². The quantitative estimate of drug-likeness (QED) is 0.644. The number of benzene rings is 1. The average molecular weight is 247 g/mol. The van der Waals surface area contributed by atoms with Crippen molar-refractivity contribution in [2.45, 2.75) is 26.3 Å². The summed E-state index contributed by atoms with van der Waals surface area (Å²) in [7, 11) is 0. The van der Waals surface area contributed by atoms with E-state index in [9.17, 15) is 0 Å². The zero-order valence-corrected chi connectivity index (χ0v) is 10.9. The molecule has 1 aromatic heterocycles. The minimum Gasteiger partial charge on any atom is -0.271 e. The minimum absolute atomic E-state index is 0.126. The Labute approximate surface area is 106 Å². The molecule has 2 rings (SSSR count). The highest BCUT2D eigenvalue weighted by Crippen LogP contribution is 2.22. The van der Waals surface area contributed by atoms with Crippen LogP contribution in [0.4, 0.5) is 0 Å². The molecule has 0 fully saturated rings. The number of nitrogens with one attached hydrogen (secondary N) is 1. The van der Waals surface area contributed by atoms with Crippen molar-refractivity contribution in [3.63, 3.8) is 0 Å². The van der Waals surface area contributed by atoms with Gasteiger partial charge in [-0.2, -0.15) is 0 Å². The van der Waals surface area contributed by atoms with Crippen molar-refractivity contribution >= 4 is 11.3 Å². The van der Waals surface area contributed by atoms with Gasteiger partial charge in [-0.3, -0.25) is 11.3 Å². The first-order valence-electron chi connectivity index (χ1n) is 5.64. The monoisotopic (exact) mass is 247 g/mol. The molecule has 1 aromatic carbocycles. The number of aromatic nitrogens is 1. The van der Waals surface area contributed by atoms with Crippen molar-refractivity contribution in [1.29, 1.82) is 0 Å². The second-order valence-corrected chi connectivity index (χ2v) is 5.37. The highest BCUT2D eigenvalue weighted by Gasteiger charge is 2.13. The molecule has 1 atom stereocenters. The lowest BCUT2D eigenvalue weighted by Crippen LogP contribution is -2.29. The third-order valence-corrected chi connectivity index (χ3v) is 3.95. The van der Waals surface area contributed by atoms with E-state index in [2.05, 4.69) is 29.5 Å². The zero-order chi connectivity index (χ0) is 12.3. The van der Waals surface area contributed by atoms with Crippen LogP contribution < -0.4 is 11.3 Å². The number of nitrogens with zero attached hydrogens (tertiary/aromatic N) is 1. The lowest BCUT2D eigenvalue weighted by atomic mass is 10.1. The number of hydrogen-bond donors (Lipinski definition) is 2. The average Bonchev–Trinajstić information content (AvgIpc) is 2.67. The molecule has 0 saturated carbocycles. The SMILES string of the molecule is Cc1nc(CC(NN)c2ccccc2)sc1C. The van der Waals surface area contributed by atoms with E-state index in [-0.39, 0.29) is 6.04 Å². The second-order valence-electron chi connectivity index (χ2n) is 4.08. The highest BCUT2D eigenvalue weighted by molar-refractivity contribution is 7.11.